The normalized spacial score (nSPS) is 11.8. The Kier molecular flexibility index (Phi) is 3.36. The van der Waals surface area contributed by atoms with Gasteiger partial charge < -0.3 is 0 Å². The molecule has 0 spiro atoms. The van der Waals surface area contributed by atoms with Crippen molar-refractivity contribution in [2.75, 3.05) is 0 Å². The molecule has 0 heterocycles. The van der Waals surface area contributed by atoms with Crippen LogP contribution in [-0.2, 0) is 0 Å². The first-order valence-corrected chi connectivity index (χ1v) is 4.34. The van der Waals surface area contributed by atoms with Crippen molar-refractivity contribution in [1.29, 1.82) is 0 Å². The minimum absolute atomic E-state index is 0.779. The average Bonchev–Trinajstić information content (AvgIpc) is 2.06. The van der Waals surface area contributed by atoms with E-state index in [0.717, 1.165) is 11.4 Å². The topological polar surface area (TPSA) is 0 Å². The molecule has 0 aromatic heterocycles. The van der Waals surface area contributed by atoms with Crippen molar-refractivity contribution in [3.63, 3.8) is 0 Å². The Morgan fingerprint density at radius 3 is 2.50 bits per heavy atom. The van der Waals surface area contributed by atoms with E-state index in [-0.39, 0.29) is 0 Å². The van der Waals surface area contributed by atoms with Gasteiger partial charge in [0.1, 0.15) is 0 Å². The molecule has 0 saturated heterocycles. The third-order valence-electron chi connectivity index (χ3n) is 1.75. The monoisotopic (exact) mass is 179 g/mol. The number of rotatable bonds is 2. The van der Waals surface area contributed by atoms with Gasteiger partial charge in [-0.25, -0.2) is 0 Å². The summed E-state index contributed by atoms with van der Waals surface area (Å²) < 4.78 is 0. The third kappa shape index (κ3) is 2.38. The molecule has 0 bridgehead atoms. The molecule has 1 heteroatoms. The van der Waals surface area contributed by atoms with Crippen molar-refractivity contribution in [3.05, 3.63) is 47.9 Å². The minimum Gasteiger partial charge on any atom is -0.0843 e. The summed E-state index contributed by atoms with van der Waals surface area (Å²) in [4.78, 5) is 0. The Morgan fingerprint density at radius 2 is 2.00 bits per heavy atom. The predicted octanol–water partition coefficient (Wildman–Crippen LogP) is 3.97. The molecule has 1 aromatic rings. The van der Waals surface area contributed by atoms with Gasteiger partial charge in [-0.15, -0.1) is 0 Å². The van der Waals surface area contributed by atoms with E-state index in [2.05, 4.69) is 19.9 Å². The molecule has 0 saturated carbocycles. The quantitative estimate of drug-likeness (QED) is 0.645. The lowest BCUT2D eigenvalue weighted by molar-refractivity contribution is 1.38. The highest BCUT2D eigenvalue weighted by atomic mass is 35.5. The average molecular weight is 180 g/mol. The highest BCUT2D eigenvalue weighted by Gasteiger charge is 1.93. The molecular formula is C11H12Cl. The molecule has 0 unspecified atom stereocenters. The van der Waals surface area contributed by atoms with Gasteiger partial charge in [-0.3, -0.25) is 0 Å². The van der Waals surface area contributed by atoms with Crippen LogP contribution in [0.15, 0.2) is 30.3 Å². The Morgan fingerprint density at radius 1 is 1.42 bits per heavy atom. The standard InChI is InChI=1S/C11H12Cl/c1-3-4-9(2)10-5-7-11(12)8-6-10/h4-8H,1,3H2,2H3. The van der Waals surface area contributed by atoms with Gasteiger partial charge in [-0.05, 0) is 43.5 Å². The van der Waals surface area contributed by atoms with Gasteiger partial charge in [0.05, 0.1) is 0 Å². The van der Waals surface area contributed by atoms with Crippen LogP contribution in [0.4, 0.5) is 0 Å². The lowest BCUT2D eigenvalue weighted by Crippen LogP contribution is -1.77. The number of halogens is 1. The summed E-state index contributed by atoms with van der Waals surface area (Å²) in [5.41, 5.74) is 2.46. The molecule has 0 N–H and O–H groups in total. The minimum atomic E-state index is 0.779. The molecule has 0 aliphatic heterocycles. The van der Waals surface area contributed by atoms with Crippen molar-refractivity contribution >= 4 is 17.2 Å². The predicted molar refractivity (Wildman–Crippen MR) is 55.1 cm³/mol. The maximum absolute atomic E-state index is 5.76. The zero-order valence-corrected chi connectivity index (χ0v) is 7.93. The molecule has 0 fully saturated rings. The molecule has 63 valence electrons. The van der Waals surface area contributed by atoms with E-state index in [1.807, 2.05) is 24.3 Å². The van der Waals surface area contributed by atoms with Gasteiger partial charge in [0.25, 0.3) is 0 Å². The second kappa shape index (κ2) is 4.32. The highest BCUT2D eigenvalue weighted by molar-refractivity contribution is 6.30. The van der Waals surface area contributed by atoms with Gasteiger partial charge in [0, 0.05) is 5.02 Å². The van der Waals surface area contributed by atoms with Crippen molar-refractivity contribution < 1.29 is 0 Å². The SMILES string of the molecule is [CH2]CC=C(C)c1ccc(Cl)cc1. The molecular weight excluding hydrogens is 168 g/mol. The van der Waals surface area contributed by atoms with Crippen LogP contribution in [0, 0.1) is 6.92 Å². The number of allylic oxidation sites excluding steroid dienone is 2. The van der Waals surface area contributed by atoms with Crippen LogP contribution < -0.4 is 0 Å². The number of benzene rings is 1. The van der Waals surface area contributed by atoms with E-state index in [1.165, 1.54) is 11.1 Å². The van der Waals surface area contributed by atoms with E-state index in [9.17, 15) is 0 Å². The van der Waals surface area contributed by atoms with Crippen LogP contribution in [0.1, 0.15) is 18.9 Å². The smallest absolute Gasteiger partial charge is 0.0406 e. The fourth-order valence-electron chi connectivity index (χ4n) is 1.05. The first kappa shape index (κ1) is 9.34. The van der Waals surface area contributed by atoms with E-state index >= 15 is 0 Å². The van der Waals surface area contributed by atoms with Gasteiger partial charge in [0.15, 0.2) is 0 Å². The maximum Gasteiger partial charge on any atom is 0.0406 e. The van der Waals surface area contributed by atoms with Crippen LogP contribution >= 0.6 is 11.6 Å². The van der Waals surface area contributed by atoms with Crippen LogP contribution in [0.25, 0.3) is 5.57 Å². The largest absolute Gasteiger partial charge is 0.0843 e. The first-order valence-electron chi connectivity index (χ1n) is 3.96. The summed E-state index contributed by atoms with van der Waals surface area (Å²) in [6.07, 6.45) is 2.93. The molecule has 0 nitrogen and oxygen atoms in total. The Hall–Kier alpha value is -0.750. The molecule has 0 aliphatic carbocycles. The summed E-state index contributed by atoms with van der Waals surface area (Å²) in [5.74, 6) is 0. The van der Waals surface area contributed by atoms with Gasteiger partial charge in [-0.1, -0.05) is 29.8 Å². The van der Waals surface area contributed by atoms with Gasteiger partial charge >= 0.3 is 0 Å². The zero-order valence-electron chi connectivity index (χ0n) is 7.18. The molecule has 1 radical (unpaired) electrons. The second-order valence-electron chi connectivity index (χ2n) is 2.68. The third-order valence-corrected chi connectivity index (χ3v) is 2.00. The van der Waals surface area contributed by atoms with E-state index < -0.39 is 0 Å². The van der Waals surface area contributed by atoms with Crippen molar-refractivity contribution in [1.82, 2.24) is 0 Å². The maximum atomic E-state index is 5.76. The molecule has 1 rings (SSSR count). The van der Waals surface area contributed by atoms with Crippen LogP contribution in [0.3, 0.4) is 0 Å². The molecule has 0 amide bonds. The van der Waals surface area contributed by atoms with Crippen molar-refractivity contribution in [3.8, 4) is 0 Å². The fraction of sp³-hybridized carbons (Fsp3) is 0.182. The van der Waals surface area contributed by atoms with Crippen LogP contribution in [0.2, 0.25) is 5.02 Å². The van der Waals surface area contributed by atoms with E-state index in [1.54, 1.807) is 0 Å². The fourth-order valence-corrected chi connectivity index (χ4v) is 1.17. The Labute approximate surface area is 78.9 Å². The number of hydrogen-bond donors (Lipinski definition) is 0. The van der Waals surface area contributed by atoms with Crippen molar-refractivity contribution in [2.24, 2.45) is 0 Å². The van der Waals surface area contributed by atoms with Crippen LogP contribution in [0.5, 0.6) is 0 Å². The first-order chi connectivity index (χ1) is 5.74. The van der Waals surface area contributed by atoms with E-state index in [0.29, 0.717) is 0 Å². The Bertz CT molecular complexity index is 270. The summed E-state index contributed by atoms with van der Waals surface area (Å²) in [6.45, 7) is 5.84. The molecule has 12 heavy (non-hydrogen) atoms. The second-order valence-corrected chi connectivity index (χ2v) is 3.12. The summed E-state index contributed by atoms with van der Waals surface area (Å²) >= 11 is 5.76. The summed E-state index contributed by atoms with van der Waals surface area (Å²) in [5, 5.41) is 0.779. The van der Waals surface area contributed by atoms with Gasteiger partial charge in [-0.2, -0.15) is 0 Å². The van der Waals surface area contributed by atoms with Crippen LogP contribution in [-0.4, -0.2) is 0 Å². The lowest BCUT2D eigenvalue weighted by Gasteiger charge is -2.00. The zero-order chi connectivity index (χ0) is 8.97. The summed E-state index contributed by atoms with van der Waals surface area (Å²) in [7, 11) is 0. The Balaban J connectivity index is 2.89. The molecule has 0 aliphatic rings. The number of hydrogen-bond acceptors (Lipinski definition) is 0. The lowest BCUT2D eigenvalue weighted by atomic mass is 10.1. The molecule has 0 atom stereocenters. The van der Waals surface area contributed by atoms with E-state index in [4.69, 9.17) is 11.6 Å². The van der Waals surface area contributed by atoms with Crippen molar-refractivity contribution in [2.45, 2.75) is 13.3 Å². The highest BCUT2D eigenvalue weighted by Crippen LogP contribution is 2.16. The summed E-state index contributed by atoms with van der Waals surface area (Å²) in [6, 6.07) is 7.84. The van der Waals surface area contributed by atoms with Gasteiger partial charge in [0.2, 0.25) is 0 Å². The molecule has 1 aromatic carbocycles.